The summed E-state index contributed by atoms with van der Waals surface area (Å²) in [5.74, 6) is -1.53. The van der Waals surface area contributed by atoms with Gasteiger partial charge in [0, 0.05) is 41.9 Å². The maximum Gasteiger partial charge on any atom is 0.317 e. The lowest BCUT2D eigenvalue weighted by Gasteiger charge is -2.15. The average Bonchev–Trinajstić information content (AvgIpc) is 3.69. The molecular weight excluding hydrogens is 536 g/mol. The summed E-state index contributed by atoms with van der Waals surface area (Å²) < 4.78 is 65.9. The van der Waals surface area contributed by atoms with E-state index in [1.165, 1.54) is 24.4 Å². The molecule has 0 bridgehead atoms. The first kappa shape index (κ1) is 26.4. The van der Waals surface area contributed by atoms with Crippen LogP contribution < -0.4 is 4.74 Å². The van der Waals surface area contributed by atoms with Crippen LogP contribution in [0.3, 0.4) is 0 Å². The first-order chi connectivity index (χ1) is 19.9. The Kier molecular flexibility index (Phi) is 6.83. The second-order valence-corrected chi connectivity index (χ2v) is 10.1. The molecule has 6 rings (SSSR count). The van der Waals surface area contributed by atoms with Gasteiger partial charge in [-0.1, -0.05) is 6.07 Å². The van der Waals surface area contributed by atoms with Gasteiger partial charge < -0.3 is 9.30 Å². The second-order valence-electron chi connectivity index (χ2n) is 10.1. The van der Waals surface area contributed by atoms with E-state index in [4.69, 9.17) is 10.00 Å². The standard InChI is InChI=1S/C30H22F4N6O/c31-16-30(6-7-30)17-40-27(38-26-2-1-8-36-28(26)40)12-20-11-24(34)21(13-23(20)33)25-5-9-37-29(39-25)41-15-19-4-3-18(14-35)10-22(19)32/h1-5,8-11,13H,6-7,12,15-17H2. The molecule has 3 heterocycles. The highest BCUT2D eigenvalue weighted by Gasteiger charge is 2.44. The zero-order valence-corrected chi connectivity index (χ0v) is 21.6. The minimum Gasteiger partial charge on any atom is -0.458 e. The molecule has 1 saturated carbocycles. The number of hydrogen-bond acceptors (Lipinski definition) is 6. The molecule has 0 N–H and O–H groups in total. The minimum atomic E-state index is -0.715. The Morgan fingerprint density at radius 2 is 1.76 bits per heavy atom. The van der Waals surface area contributed by atoms with Gasteiger partial charge in [-0.2, -0.15) is 10.2 Å². The van der Waals surface area contributed by atoms with Crippen molar-refractivity contribution < 1.29 is 22.3 Å². The van der Waals surface area contributed by atoms with Crippen molar-refractivity contribution in [1.29, 1.82) is 5.26 Å². The lowest BCUT2D eigenvalue weighted by molar-refractivity contribution is 0.275. The van der Waals surface area contributed by atoms with Crippen molar-refractivity contribution in [2.45, 2.75) is 32.4 Å². The summed E-state index contributed by atoms with van der Waals surface area (Å²) in [5.41, 5.74) is 1.12. The summed E-state index contributed by atoms with van der Waals surface area (Å²) in [6.45, 7) is -0.329. The molecule has 41 heavy (non-hydrogen) atoms. The molecule has 1 aliphatic carbocycles. The SMILES string of the molecule is N#Cc1ccc(COc2nccc(-c3cc(F)c(Cc4nc5cccnc5n4CC4(CF)CC4)cc3F)n2)c(F)c1. The Labute approximate surface area is 232 Å². The van der Waals surface area contributed by atoms with Crippen LogP contribution in [-0.2, 0) is 19.6 Å². The first-order valence-corrected chi connectivity index (χ1v) is 12.9. The predicted octanol–water partition coefficient (Wildman–Crippen LogP) is 6.10. The van der Waals surface area contributed by atoms with Gasteiger partial charge in [0.25, 0.3) is 0 Å². The second kappa shape index (κ2) is 10.6. The van der Waals surface area contributed by atoms with Crippen molar-refractivity contribution in [2.24, 2.45) is 5.41 Å². The fourth-order valence-electron chi connectivity index (χ4n) is 4.68. The lowest BCUT2D eigenvalue weighted by atomic mass is 10.0. The Morgan fingerprint density at radius 1 is 0.927 bits per heavy atom. The molecule has 1 fully saturated rings. The number of benzene rings is 2. The largest absolute Gasteiger partial charge is 0.458 e. The van der Waals surface area contributed by atoms with Crippen LogP contribution in [0.5, 0.6) is 6.01 Å². The fraction of sp³-hybridized carbons (Fsp3) is 0.233. The molecule has 0 unspecified atom stereocenters. The van der Waals surface area contributed by atoms with Gasteiger partial charge in [0.05, 0.1) is 24.0 Å². The monoisotopic (exact) mass is 558 g/mol. The van der Waals surface area contributed by atoms with E-state index >= 15 is 8.78 Å². The third kappa shape index (κ3) is 5.33. The molecule has 11 heteroatoms. The van der Waals surface area contributed by atoms with Crippen molar-refractivity contribution in [3.63, 3.8) is 0 Å². The van der Waals surface area contributed by atoms with Crippen molar-refractivity contribution >= 4 is 11.2 Å². The molecule has 0 saturated heterocycles. The van der Waals surface area contributed by atoms with Crippen LogP contribution in [-0.4, -0.2) is 31.2 Å². The van der Waals surface area contributed by atoms with E-state index in [2.05, 4.69) is 19.9 Å². The summed E-state index contributed by atoms with van der Waals surface area (Å²) in [6, 6.07) is 12.7. The number of halogens is 4. The molecule has 2 aromatic carbocycles. The first-order valence-electron chi connectivity index (χ1n) is 12.9. The number of hydrogen-bond donors (Lipinski definition) is 0. The van der Waals surface area contributed by atoms with E-state index in [-0.39, 0.29) is 47.0 Å². The van der Waals surface area contributed by atoms with Gasteiger partial charge in [-0.05, 0) is 60.9 Å². The molecule has 3 aromatic heterocycles. The van der Waals surface area contributed by atoms with Crippen LogP contribution in [0.4, 0.5) is 17.6 Å². The number of aromatic nitrogens is 5. The molecule has 0 radical (unpaired) electrons. The Morgan fingerprint density at radius 3 is 2.51 bits per heavy atom. The Balaban J connectivity index is 1.25. The third-order valence-corrected chi connectivity index (χ3v) is 7.25. The number of nitrogens with zero attached hydrogens (tertiary/aromatic N) is 6. The van der Waals surface area contributed by atoms with Crippen LogP contribution in [0.1, 0.15) is 35.4 Å². The Bertz CT molecular complexity index is 1810. The van der Waals surface area contributed by atoms with E-state index in [1.54, 1.807) is 22.9 Å². The number of alkyl halides is 1. The Hall–Kier alpha value is -4.85. The highest BCUT2D eigenvalue weighted by Crippen LogP contribution is 2.48. The van der Waals surface area contributed by atoms with Crippen LogP contribution in [0.25, 0.3) is 22.4 Å². The molecule has 0 spiro atoms. The number of imidazole rings is 1. The van der Waals surface area contributed by atoms with Gasteiger partial charge in [-0.15, -0.1) is 0 Å². The molecule has 5 aromatic rings. The summed E-state index contributed by atoms with van der Waals surface area (Å²) in [7, 11) is 0. The number of ether oxygens (including phenoxy) is 1. The lowest BCUT2D eigenvalue weighted by Crippen LogP contribution is -2.17. The van der Waals surface area contributed by atoms with Crippen molar-refractivity contribution in [3.8, 4) is 23.3 Å². The summed E-state index contributed by atoms with van der Waals surface area (Å²) >= 11 is 0. The van der Waals surface area contributed by atoms with Crippen LogP contribution in [0, 0.1) is 34.2 Å². The van der Waals surface area contributed by atoms with Crippen molar-refractivity contribution in [3.05, 3.63) is 101 Å². The minimum absolute atomic E-state index is 0.0178. The molecule has 7 nitrogen and oxygen atoms in total. The smallest absolute Gasteiger partial charge is 0.317 e. The molecule has 206 valence electrons. The van der Waals surface area contributed by atoms with Crippen LogP contribution in [0.15, 0.2) is 60.9 Å². The van der Waals surface area contributed by atoms with Gasteiger partial charge in [-0.25, -0.2) is 28.1 Å². The highest BCUT2D eigenvalue weighted by molar-refractivity contribution is 5.71. The zero-order valence-electron chi connectivity index (χ0n) is 21.6. The van der Waals surface area contributed by atoms with Crippen molar-refractivity contribution in [1.82, 2.24) is 24.5 Å². The van der Waals surface area contributed by atoms with E-state index < -0.39 is 29.5 Å². The quantitative estimate of drug-likeness (QED) is 0.203. The summed E-state index contributed by atoms with van der Waals surface area (Å²) in [5, 5.41) is 8.88. The maximum absolute atomic E-state index is 15.4. The molecule has 0 aliphatic heterocycles. The van der Waals surface area contributed by atoms with E-state index in [0.29, 0.717) is 23.5 Å². The van der Waals surface area contributed by atoms with Gasteiger partial charge >= 0.3 is 6.01 Å². The zero-order chi connectivity index (χ0) is 28.6. The van der Waals surface area contributed by atoms with E-state index in [1.807, 2.05) is 6.07 Å². The van der Waals surface area contributed by atoms with Crippen molar-refractivity contribution in [2.75, 3.05) is 6.67 Å². The number of fused-ring (bicyclic) bond motifs is 1. The van der Waals surface area contributed by atoms with E-state index in [9.17, 15) is 8.78 Å². The van der Waals surface area contributed by atoms with Gasteiger partial charge in [-0.3, -0.25) is 4.39 Å². The molecular formula is C30H22F4N6O. The number of pyridine rings is 1. The summed E-state index contributed by atoms with van der Waals surface area (Å²) in [6.07, 6.45) is 4.43. The molecule has 0 atom stereocenters. The third-order valence-electron chi connectivity index (χ3n) is 7.25. The topological polar surface area (TPSA) is 89.5 Å². The number of nitriles is 1. The van der Waals surface area contributed by atoms with Crippen LogP contribution in [0.2, 0.25) is 0 Å². The fourth-order valence-corrected chi connectivity index (χ4v) is 4.68. The number of rotatable bonds is 9. The molecule has 1 aliphatic rings. The van der Waals surface area contributed by atoms with Gasteiger partial charge in [0.2, 0.25) is 0 Å². The van der Waals surface area contributed by atoms with E-state index in [0.717, 1.165) is 31.0 Å². The highest BCUT2D eigenvalue weighted by atomic mass is 19.1. The van der Waals surface area contributed by atoms with Crippen LogP contribution >= 0.6 is 0 Å². The normalized spacial score (nSPS) is 13.7. The predicted molar refractivity (Wildman–Crippen MR) is 141 cm³/mol. The molecule has 0 amide bonds. The average molecular weight is 559 g/mol. The van der Waals surface area contributed by atoms with Gasteiger partial charge in [0.15, 0.2) is 5.65 Å². The summed E-state index contributed by atoms with van der Waals surface area (Å²) in [4.78, 5) is 17.1. The van der Waals surface area contributed by atoms with Gasteiger partial charge in [0.1, 0.15) is 35.4 Å². The maximum atomic E-state index is 15.4.